The molecule has 21 heavy (non-hydrogen) atoms. The molecule has 0 atom stereocenters. The molecular formula is C14H17Br2N3OS. The van der Waals surface area contributed by atoms with Crippen molar-refractivity contribution in [3.05, 3.63) is 32.2 Å². The number of methoxy groups -OCH3 is 1. The van der Waals surface area contributed by atoms with Crippen LogP contribution in [0.25, 0.3) is 10.6 Å². The van der Waals surface area contributed by atoms with E-state index in [0.717, 1.165) is 57.1 Å². The molecule has 0 fully saturated rings. The standard InChI is InChI=1S/C14H17Br2N3OS/c1-20-8-7-17-6-2-3-13-18-19-14(21-13)11-9-10(15)4-5-12(11)16/h4-5,9,17H,2-3,6-8H2,1H3. The van der Waals surface area contributed by atoms with Crippen LogP contribution in [0.15, 0.2) is 27.1 Å². The fourth-order valence-corrected chi connectivity index (χ4v) is 3.63. The Labute approximate surface area is 145 Å². The topological polar surface area (TPSA) is 47.0 Å². The maximum absolute atomic E-state index is 4.99. The summed E-state index contributed by atoms with van der Waals surface area (Å²) in [5.41, 5.74) is 1.08. The van der Waals surface area contributed by atoms with Gasteiger partial charge in [0.1, 0.15) is 10.0 Å². The summed E-state index contributed by atoms with van der Waals surface area (Å²) in [5, 5.41) is 13.9. The van der Waals surface area contributed by atoms with E-state index in [0.29, 0.717) is 0 Å². The Morgan fingerprint density at radius 3 is 2.90 bits per heavy atom. The first-order chi connectivity index (χ1) is 10.2. The second-order valence-corrected chi connectivity index (χ2v) is 7.30. The van der Waals surface area contributed by atoms with Crippen LogP contribution >= 0.6 is 43.2 Å². The number of aryl methyl sites for hydroxylation is 1. The van der Waals surface area contributed by atoms with E-state index in [2.05, 4.69) is 53.4 Å². The van der Waals surface area contributed by atoms with Crippen LogP contribution in [0.1, 0.15) is 11.4 Å². The predicted molar refractivity (Wildman–Crippen MR) is 93.8 cm³/mol. The number of rotatable bonds is 8. The maximum Gasteiger partial charge on any atom is 0.148 e. The van der Waals surface area contributed by atoms with E-state index in [1.54, 1.807) is 18.4 Å². The van der Waals surface area contributed by atoms with Gasteiger partial charge in [-0.25, -0.2) is 0 Å². The zero-order valence-electron chi connectivity index (χ0n) is 11.7. The normalized spacial score (nSPS) is 11.0. The zero-order valence-corrected chi connectivity index (χ0v) is 15.7. The van der Waals surface area contributed by atoms with Crippen molar-refractivity contribution in [2.24, 2.45) is 0 Å². The van der Waals surface area contributed by atoms with Crippen molar-refractivity contribution in [2.75, 3.05) is 26.8 Å². The highest BCUT2D eigenvalue weighted by atomic mass is 79.9. The summed E-state index contributed by atoms with van der Waals surface area (Å²) in [6.07, 6.45) is 2.00. The zero-order chi connectivity index (χ0) is 15.1. The lowest BCUT2D eigenvalue weighted by atomic mass is 10.2. The summed E-state index contributed by atoms with van der Waals surface area (Å²) in [4.78, 5) is 0. The van der Waals surface area contributed by atoms with Crippen LogP contribution < -0.4 is 5.32 Å². The minimum absolute atomic E-state index is 0.750. The molecule has 0 radical (unpaired) electrons. The van der Waals surface area contributed by atoms with Gasteiger partial charge in [-0.3, -0.25) is 0 Å². The molecular weight excluding hydrogens is 418 g/mol. The molecule has 0 amide bonds. The fourth-order valence-electron chi connectivity index (χ4n) is 1.79. The predicted octanol–water partition coefficient (Wildman–Crippen LogP) is 3.90. The van der Waals surface area contributed by atoms with Gasteiger partial charge >= 0.3 is 0 Å². The lowest BCUT2D eigenvalue weighted by molar-refractivity contribution is 0.199. The smallest absolute Gasteiger partial charge is 0.148 e. The van der Waals surface area contributed by atoms with Crippen molar-refractivity contribution in [1.29, 1.82) is 0 Å². The van der Waals surface area contributed by atoms with Crippen molar-refractivity contribution in [1.82, 2.24) is 15.5 Å². The Morgan fingerprint density at radius 2 is 2.10 bits per heavy atom. The summed E-state index contributed by atoms with van der Waals surface area (Å²) >= 11 is 8.70. The van der Waals surface area contributed by atoms with Crippen LogP contribution in [0.2, 0.25) is 0 Å². The molecule has 0 aliphatic carbocycles. The first-order valence-corrected chi connectivity index (χ1v) is 9.08. The Kier molecular flexibility index (Phi) is 7.25. The molecule has 114 valence electrons. The molecule has 0 aliphatic heterocycles. The molecule has 0 aliphatic rings. The molecule has 4 nitrogen and oxygen atoms in total. The molecule has 1 heterocycles. The first kappa shape index (κ1) is 17.0. The maximum atomic E-state index is 4.99. The number of halogens is 2. The molecule has 0 bridgehead atoms. The van der Waals surface area contributed by atoms with Gasteiger partial charge in [0.25, 0.3) is 0 Å². The number of hydrogen-bond acceptors (Lipinski definition) is 5. The highest BCUT2D eigenvalue weighted by Crippen LogP contribution is 2.32. The van der Waals surface area contributed by atoms with Crippen molar-refractivity contribution in [2.45, 2.75) is 12.8 Å². The van der Waals surface area contributed by atoms with E-state index in [4.69, 9.17) is 4.74 Å². The third-order valence-corrected chi connectivity index (χ3v) is 5.05. The van der Waals surface area contributed by atoms with Crippen LogP contribution in [-0.4, -0.2) is 37.0 Å². The Balaban J connectivity index is 1.88. The lowest BCUT2D eigenvalue weighted by Crippen LogP contribution is -2.20. The Hall–Kier alpha value is -0.340. The average molecular weight is 435 g/mol. The highest BCUT2D eigenvalue weighted by Gasteiger charge is 2.10. The van der Waals surface area contributed by atoms with Crippen LogP contribution in [-0.2, 0) is 11.2 Å². The van der Waals surface area contributed by atoms with Crippen molar-refractivity contribution in [3.63, 3.8) is 0 Å². The third-order valence-electron chi connectivity index (χ3n) is 2.85. The number of benzene rings is 1. The van der Waals surface area contributed by atoms with Gasteiger partial charge in [0.05, 0.1) is 6.61 Å². The van der Waals surface area contributed by atoms with Gasteiger partial charge in [0.2, 0.25) is 0 Å². The van der Waals surface area contributed by atoms with E-state index in [1.165, 1.54) is 0 Å². The quantitative estimate of drug-likeness (QED) is 0.640. The first-order valence-electron chi connectivity index (χ1n) is 6.68. The molecule has 7 heteroatoms. The van der Waals surface area contributed by atoms with Gasteiger partial charge in [-0.1, -0.05) is 43.2 Å². The summed E-state index contributed by atoms with van der Waals surface area (Å²) in [7, 11) is 1.71. The van der Waals surface area contributed by atoms with E-state index < -0.39 is 0 Å². The van der Waals surface area contributed by atoms with Gasteiger partial charge in [-0.15, -0.1) is 10.2 Å². The number of ether oxygens (including phenoxy) is 1. The van der Waals surface area contributed by atoms with Gasteiger partial charge in [-0.05, 0) is 31.2 Å². The van der Waals surface area contributed by atoms with Crippen LogP contribution in [0.4, 0.5) is 0 Å². The number of aromatic nitrogens is 2. The number of nitrogens with one attached hydrogen (secondary N) is 1. The minimum atomic E-state index is 0.750. The molecule has 0 spiro atoms. The van der Waals surface area contributed by atoms with Crippen molar-refractivity contribution >= 4 is 43.2 Å². The molecule has 1 N–H and O–H groups in total. The monoisotopic (exact) mass is 433 g/mol. The summed E-state index contributed by atoms with van der Waals surface area (Å²) in [6, 6.07) is 6.07. The third kappa shape index (κ3) is 5.41. The van der Waals surface area contributed by atoms with Gasteiger partial charge in [-0.2, -0.15) is 0 Å². The van der Waals surface area contributed by atoms with Crippen molar-refractivity contribution in [3.8, 4) is 10.6 Å². The van der Waals surface area contributed by atoms with Crippen LogP contribution in [0.5, 0.6) is 0 Å². The second kappa shape index (κ2) is 8.95. The van der Waals surface area contributed by atoms with E-state index >= 15 is 0 Å². The summed E-state index contributed by atoms with van der Waals surface area (Å²) in [5.74, 6) is 0. The van der Waals surface area contributed by atoms with Gasteiger partial charge in [0, 0.05) is 34.6 Å². The van der Waals surface area contributed by atoms with E-state index in [1.807, 2.05) is 12.1 Å². The van der Waals surface area contributed by atoms with E-state index in [9.17, 15) is 0 Å². The number of nitrogens with zero attached hydrogens (tertiary/aromatic N) is 2. The second-order valence-electron chi connectivity index (χ2n) is 4.47. The summed E-state index contributed by atoms with van der Waals surface area (Å²) < 4.78 is 7.07. The average Bonchev–Trinajstić information content (AvgIpc) is 2.94. The molecule has 0 saturated heterocycles. The molecule has 1 aromatic carbocycles. The van der Waals surface area contributed by atoms with Crippen LogP contribution in [0, 0.1) is 0 Å². The molecule has 1 aromatic heterocycles. The van der Waals surface area contributed by atoms with Gasteiger partial charge < -0.3 is 10.1 Å². The SMILES string of the molecule is COCCNCCCc1nnc(-c2cc(Br)ccc2Br)s1. The molecule has 2 rings (SSSR count). The van der Waals surface area contributed by atoms with Crippen LogP contribution in [0.3, 0.4) is 0 Å². The lowest BCUT2D eigenvalue weighted by Gasteiger charge is -2.02. The highest BCUT2D eigenvalue weighted by molar-refractivity contribution is 9.11. The largest absolute Gasteiger partial charge is 0.383 e. The molecule has 2 aromatic rings. The molecule has 0 unspecified atom stereocenters. The minimum Gasteiger partial charge on any atom is -0.383 e. The summed E-state index contributed by atoms with van der Waals surface area (Å²) in [6.45, 7) is 2.61. The Morgan fingerprint density at radius 1 is 1.24 bits per heavy atom. The fraction of sp³-hybridized carbons (Fsp3) is 0.429. The van der Waals surface area contributed by atoms with E-state index in [-0.39, 0.29) is 0 Å². The van der Waals surface area contributed by atoms with Gasteiger partial charge in [0.15, 0.2) is 0 Å². The van der Waals surface area contributed by atoms with Crippen molar-refractivity contribution < 1.29 is 4.74 Å². The number of hydrogen-bond donors (Lipinski definition) is 1. The Bertz CT molecular complexity index is 577. The molecule has 0 saturated carbocycles.